The summed E-state index contributed by atoms with van der Waals surface area (Å²) < 4.78 is 19.0. The average molecular weight is 504 g/mol. The normalized spacial score (nSPS) is 10.9. The van der Waals surface area contributed by atoms with E-state index >= 15 is 0 Å². The van der Waals surface area contributed by atoms with Crippen molar-refractivity contribution < 1.29 is 9.13 Å². The molecule has 0 fully saturated rings. The lowest BCUT2D eigenvalue weighted by Gasteiger charge is -2.15. The Labute approximate surface area is 181 Å². The van der Waals surface area contributed by atoms with Gasteiger partial charge in [-0.15, -0.1) is 24.0 Å². The van der Waals surface area contributed by atoms with Gasteiger partial charge < -0.3 is 15.4 Å². The zero-order valence-electron chi connectivity index (χ0n) is 15.8. The van der Waals surface area contributed by atoms with E-state index in [9.17, 15) is 4.39 Å². The first kappa shape index (κ1) is 23.5. The molecule has 2 rings (SSSR count). The van der Waals surface area contributed by atoms with Gasteiger partial charge in [-0.1, -0.05) is 12.1 Å². The summed E-state index contributed by atoms with van der Waals surface area (Å²) in [6.07, 6.45) is 3.72. The predicted octanol–water partition coefficient (Wildman–Crippen LogP) is 3.97. The van der Waals surface area contributed by atoms with Gasteiger partial charge in [0.1, 0.15) is 5.82 Å². The second-order valence-corrected chi connectivity index (χ2v) is 6.39. The molecule has 0 saturated heterocycles. The van der Waals surface area contributed by atoms with Gasteiger partial charge in [-0.25, -0.2) is 9.37 Å². The van der Waals surface area contributed by atoms with Crippen LogP contribution in [-0.2, 0) is 18.8 Å². The van der Waals surface area contributed by atoms with Gasteiger partial charge in [0.2, 0.25) is 5.88 Å². The molecular formula is C19H26FIN4OS. The van der Waals surface area contributed by atoms with E-state index < -0.39 is 0 Å². The molecule has 148 valence electrons. The molecule has 27 heavy (non-hydrogen) atoms. The van der Waals surface area contributed by atoms with E-state index in [1.165, 1.54) is 6.07 Å². The van der Waals surface area contributed by atoms with E-state index in [0.29, 0.717) is 31.5 Å². The molecule has 0 bridgehead atoms. The number of halogens is 2. The summed E-state index contributed by atoms with van der Waals surface area (Å²) in [5.41, 5.74) is 3.01. The third kappa shape index (κ3) is 7.53. The Morgan fingerprint density at radius 3 is 2.59 bits per heavy atom. The molecule has 0 aliphatic carbocycles. The number of thioether (sulfide) groups is 1. The summed E-state index contributed by atoms with van der Waals surface area (Å²) in [4.78, 5) is 8.49. The van der Waals surface area contributed by atoms with Crippen LogP contribution in [0.2, 0.25) is 0 Å². The van der Waals surface area contributed by atoms with Crippen LogP contribution >= 0.6 is 35.7 Å². The highest BCUT2D eigenvalue weighted by Crippen LogP contribution is 2.17. The number of rotatable bonds is 8. The van der Waals surface area contributed by atoms with Crippen molar-refractivity contribution >= 4 is 41.7 Å². The minimum atomic E-state index is -0.208. The molecule has 1 heterocycles. The Kier molecular flexibility index (Phi) is 11.1. The summed E-state index contributed by atoms with van der Waals surface area (Å²) in [5, 5.41) is 6.53. The van der Waals surface area contributed by atoms with E-state index in [1.54, 1.807) is 31.1 Å². The SMILES string of the molecule is CCOc1ncccc1CNC(=NC)NCc1ccc(F)cc1CSC.I. The highest BCUT2D eigenvalue weighted by atomic mass is 127. The highest BCUT2D eigenvalue weighted by molar-refractivity contribution is 14.0. The lowest BCUT2D eigenvalue weighted by molar-refractivity contribution is 0.322. The molecule has 0 radical (unpaired) electrons. The van der Waals surface area contributed by atoms with Crippen molar-refractivity contribution in [3.05, 3.63) is 59.0 Å². The molecule has 0 amide bonds. The maximum Gasteiger partial charge on any atom is 0.218 e. The summed E-state index contributed by atoms with van der Waals surface area (Å²) in [6.45, 7) is 3.62. The number of aromatic nitrogens is 1. The minimum absolute atomic E-state index is 0. The number of pyridine rings is 1. The van der Waals surface area contributed by atoms with Crippen molar-refractivity contribution in [1.82, 2.24) is 15.6 Å². The lowest BCUT2D eigenvalue weighted by Crippen LogP contribution is -2.36. The van der Waals surface area contributed by atoms with Crippen LogP contribution in [0, 0.1) is 5.82 Å². The number of nitrogens with zero attached hydrogens (tertiary/aromatic N) is 2. The van der Waals surface area contributed by atoms with Crippen LogP contribution in [0.3, 0.4) is 0 Å². The summed E-state index contributed by atoms with van der Waals surface area (Å²) in [5.74, 6) is 1.85. The van der Waals surface area contributed by atoms with Crippen molar-refractivity contribution in [3.8, 4) is 5.88 Å². The monoisotopic (exact) mass is 504 g/mol. The quantitative estimate of drug-likeness (QED) is 0.324. The van der Waals surface area contributed by atoms with Crippen molar-refractivity contribution in [1.29, 1.82) is 0 Å². The molecule has 2 N–H and O–H groups in total. The van der Waals surface area contributed by atoms with Crippen LogP contribution in [0.5, 0.6) is 5.88 Å². The van der Waals surface area contributed by atoms with Gasteiger partial charge in [0.25, 0.3) is 0 Å². The van der Waals surface area contributed by atoms with Crippen LogP contribution in [-0.4, -0.2) is 30.9 Å². The van der Waals surface area contributed by atoms with Crippen LogP contribution in [0.15, 0.2) is 41.5 Å². The van der Waals surface area contributed by atoms with Gasteiger partial charge in [-0.05, 0) is 42.5 Å². The molecule has 1 aromatic heterocycles. The van der Waals surface area contributed by atoms with Gasteiger partial charge in [0, 0.05) is 37.7 Å². The van der Waals surface area contributed by atoms with Gasteiger partial charge in [0.15, 0.2) is 5.96 Å². The fourth-order valence-electron chi connectivity index (χ4n) is 2.46. The summed E-state index contributed by atoms with van der Waals surface area (Å²) in [7, 11) is 1.72. The number of ether oxygens (including phenoxy) is 1. The second kappa shape index (κ2) is 12.8. The van der Waals surface area contributed by atoms with Gasteiger partial charge >= 0.3 is 0 Å². The van der Waals surface area contributed by atoms with Crippen LogP contribution in [0.4, 0.5) is 4.39 Å². The number of hydrogen-bond donors (Lipinski definition) is 2. The molecular weight excluding hydrogens is 478 g/mol. The van der Waals surface area contributed by atoms with Crippen molar-refractivity contribution in [3.63, 3.8) is 0 Å². The number of guanidine groups is 1. The van der Waals surface area contributed by atoms with Gasteiger partial charge in [-0.3, -0.25) is 4.99 Å². The van der Waals surface area contributed by atoms with Crippen LogP contribution < -0.4 is 15.4 Å². The third-order valence-corrected chi connectivity index (χ3v) is 4.32. The lowest BCUT2D eigenvalue weighted by atomic mass is 10.1. The van der Waals surface area contributed by atoms with Crippen molar-refractivity contribution in [2.45, 2.75) is 25.8 Å². The van der Waals surface area contributed by atoms with E-state index in [0.717, 1.165) is 22.4 Å². The molecule has 0 aliphatic heterocycles. The number of hydrogen-bond acceptors (Lipinski definition) is 4. The first-order valence-corrected chi connectivity index (χ1v) is 9.84. The zero-order valence-corrected chi connectivity index (χ0v) is 18.9. The van der Waals surface area contributed by atoms with Gasteiger partial charge in [-0.2, -0.15) is 11.8 Å². The molecule has 0 spiro atoms. The predicted molar refractivity (Wildman–Crippen MR) is 121 cm³/mol. The Morgan fingerprint density at radius 1 is 1.19 bits per heavy atom. The highest BCUT2D eigenvalue weighted by Gasteiger charge is 2.07. The van der Waals surface area contributed by atoms with E-state index in [4.69, 9.17) is 4.74 Å². The molecule has 8 heteroatoms. The summed E-state index contributed by atoms with van der Waals surface area (Å²) >= 11 is 1.67. The topological polar surface area (TPSA) is 58.5 Å². The number of aliphatic imine (C=N–C) groups is 1. The fraction of sp³-hybridized carbons (Fsp3) is 0.368. The first-order chi connectivity index (χ1) is 12.7. The Hall–Kier alpha value is -1.55. The van der Waals surface area contributed by atoms with E-state index in [-0.39, 0.29) is 29.8 Å². The van der Waals surface area contributed by atoms with Gasteiger partial charge in [0.05, 0.1) is 6.61 Å². The van der Waals surface area contributed by atoms with Crippen LogP contribution in [0.25, 0.3) is 0 Å². The number of benzene rings is 1. The fourth-order valence-corrected chi connectivity index (χ4v) is 3.04. The Balaban J connectivity index is 0.00000364. The largest absolute Gasteiger partial charge is 0.478 e. The maximum atomic E-state index is 13.5. The van der Waals surface area contributed by atoms with E-state index in [1.807, 2.05) is 31.4 Å². The third-order valence-electron chi connectivity index (χ3n) is 3.72. The molecule has 0 unspecified atom stereocenters. The Morgan fingerprint density at radius 2 is 1.93 bits per heavy atom. The zero-order chi connectivity index (χ0) is 18.8. The smallest absolute Gasteiger partial charge is 0.218 e. The second-order valence-electron chi connectivity index (χ2n) is 5.53. The number of nitrogens with one attached hydrogen (secondary N) is 2. The standard InChI is InChI=1S/C19H25FN4OS.HI/c1-4-25-18-15(6-5-9-22-18)12-24-19(21-2)23-11-14-7-8-17(20)10-16(14)13-26-3;/h5-10H,4,11-13H2,1-3H3,(H2,21,23,24);1H. The van der Waals surface area contributed by atoms with Crippen molar-refractivity contribution in [2.75, 3.05) is 19.9 Å². The van der Waals surface area contributed by atoms with Crippen LogP contribution in [0.1, 0.15) is 23.6 Å². The minimum Gasteiger partial charge on any atom is -0.478 e. The molecule has 5 nitrogen and oxygen atoms in total. The van der Waals surface area contributed by atoms with E-state index in [2.05, 4.69) is 20.6 Å². The molecule has 2 aromatic rings. The van der Waals surface area contributed by atoms with Crippen molar-refractivity contribution in [2.24, 2.45) is 4.99 Å². The first-order valence-electron chi connectivity index (χ1n) is 8.45. The average Bonchev–Trinajstić information content (AvgIpc) is 2.65. The summed E-state index contributed by atoms with van der Waals surface area (Å²) in [6, 6.07) is 8.74. The molecule has 0 aliphatic rings. The molecule has 0 saturated carbocycles. The maximum absolute atomic E-state index is 13.5. The Bertz CT molecular complexity index is 745. The molecule has 1 aromatic carbocycles. The molecule has 0 atom stereocenters.